The molecule has 27 heavy (non-hydrogen) atoms. The molecule has 0 aliphatic carbocycles. The Kier molecular flexibility index (Phi) is 4.07. The summed E-state index contributed by atoms with van der Waals surface area (Å²) in [5.41, 5.74) is 3.43. The lowest BCUT2D eigenvalue weighted by Gasteiger charge is -2.04. The number of carbonyl (C=O) groups is 1. The summed E-state index contributed by atoms with van der Waals surface area (Å²) in [4.78, 5) is 33.4. The normalized spacial score (nSPS) is 11.4. The average molecular weight is 364 g/mol. The molecule has 0 unspecified atom stereocenters. The first kappa shape index (κ1) is 16.8. The maximum atomic E-state index is 11.3. The Morgan fingerprint density at radius 2 is 2.07 bits per heavy atom. The van der Waals surface area contributed by atoms with Crippen LogP contribution < -0.4 is 0 Å². The molecule has 0 radical (unpaired) electrons. The van der Waals surface area contributed by atoms with Gasteiger partial charge in [-0.25, -0.2) is 14.5 Å². The fraction of sp³-hybridized carbons (Fsp3) is 0.235. The van der Waals surface area contributed by atoms with Gasteiger partial charge in [-0.3, -0.25) is 9.48 Å². The Bertz CT molecular complexity index is 1140. The molecule has 4 heterocycles. The van der Waals surface area contributed by atoms with Gasteiger partial charge in [-0.05, 0) is 32.0 Å². The summed E-state index contributed by atoms with van der Waals surface area (Å²) in [6.45, 7) is 4.01. The highest BCUT2D eigenvalue weighted by Gasteiger charge is 2.19. The van der Waals surface area contributed by atoms with Crippen molar-refractivity contribution in [3.8, 4) is 22.8 Å². The summed E-state index contributed by atoms with van der Waals surface area (Å²) >= 11 is 0. The molecule has 10 nitrogen and oxygen atoms in total. The molecular weight excluding hydrogens is 348 g/mol. The lowest BCUT2D eigenvalue weighted by Crippen LogP contribution is -2.01. The zero-order valence-corrected chi connectivity index (χ0v) is 14.7. The van der Waals surface area contributed by atoms with Gasteiger partial charge in [-0.15, -0.1) is 0 Å². The van der Waals surface area contributed by atoms with Gasteiger partial charge in [0.2, 0.25) is 0 Å². The maximum absolute atomic E-state index is 11.3. The number of aldehydes is 1. The van der Waals surface area contributed by atoms with Crippen molar-refractivity contribution < 1.29 is 4.79 Å². The topological polar surface area (TPSA) is 123 Å². The highest BCUT2D eigenvalue weighted by Crippen LogP contribution is 2.28. The zero-order chi connectivity index (χ0) is 19.0. The second kappa shape index (κ2) is 6.56. The molecule has 0 saturated heterocycles. The Labute approximate surface area is 153 Å². The van der Waals surface area contributed by atoms with E-state index in [0.29, 0.717) is 40.4 Å². The number of hydrogen-bond acceptors (Lipinski definition) is 7. The molecule has 0 bridgehead atoms. The maximum Gasteiger partial charge on any atom is 0.185 e. The monoisotopic (exact) mass is 364 g/mol. The summed E-state index contributed by atoms with van der Waals surface area (Å²) in [5.74, 6) is 0.182. The van der Waals surface area contributed by atoms with E-state index in [1.807, 2.05) is 30.8 Å². The minimum atomic E-state index is -0.0359. The van der Waals surface area contributed by atoms with Crippen molar-refractivity contribution in [1.29, 1.82) is 0 Å². The molecule has 136 valence electrons. The van der Waals surface area contributed by atoms with Gasteiger partial charge in [-0.2, -0.15) is 15.1 Å². The minimum absolute atomic E-state index is 0.0359. The van der Waals surface area contributed by atoms with Crippen molar-refractivity contribution in [2.75, 3.05) is 0 Å². The second-order valence-corrected chi connectivity index (χ2v) is 6.26. The van der Waals surface area contributed by atoms with Crippen molar-refractivity contribution >= 4 is 11.9 Å². The number of fused-ring (bicyclic) bond motifs is 1. The number of nitroso groups, excluding NO2 is 1. The highest BCUT2D eigenvalue weighted by atomic mass is 16.3. The van der Waals surface area contributed by atoms with E-state index in [1.54, 1.807) is 22.8 Å². The third kappa shape index (κ3) is 2.90. The molecule has 0 spiro atoms. The Morgan fingerprint density at radius 1 is 1.22 bits per heavy atom. The average Bonchev–Trinajstić information content (AvgIpc) is 3.39. The van der Waals surface area contributed by atoms with Gasteiger partial charge in [0.15, 0.2) is 17.8 Å². The molecule has 1 N–H and O–H groups in total. The van der Waals surface area contributed by atoms with E-state index < -0.39 is 0 Å². The number of H-pyrrole nitrogens is 1. The first-order chi connectivity index (χ1) is 13.1. The molecule has 0 atom stereocenters. The number of hydrogen-bond donors (Lipinski definition) is 1. The van der Waals surface area contributed by atoms with E-state index in [4.69, 9.17) is 0 Å². The Hall–Kier alpha value is -3.69. The summed E-state index contributed by atoms with van der Waals surface area (Å²) in [6.07, 6.45) is 4.06. The van der Waals surface area contributed by atoms with E-state index in [-0.39, 0.29) is 18.4 Å². The van der Waals surface area contributed by atoms with Crippen molar-refractivity contribution in [3.63, 3.8) is 0 Å². The zero-order valence-electron chi connectivity index (χ0n) is 14.7. The summed E-state index contributed by atoms with van der Waals surface area (Å²) < 4.78 is 3.36. The molecule has 0 aliphatic heterocycles. The predicted molar refractivity (Wildman–Crippen MR) is 97.1 cm³/mol. The van der Waals surface area contributed by atoms with Gasteiger partial charge in [-0.1, -0.05) is 5.18 Å². The third-order valence-electron chi connectivity index (χ3n) is 4.13. The lowest BCUT2D eigenvalue weighted by atomic mass is 10.2. The van der Waals surface area contributed by atoms with Crippen LogP contribution in [0.1, 0.15) is 36.2 Å². The van der Waals surface area contributed by atoms with Crippen LogP contribution in [0.4, 0.5) is 0 Å². The molecule has 4 aromatic heterocycles. The number of aromatic amines is 1. The standard InChI is InChI=1S/C17H16N8O2/c1-10(2)24-6-5-13(22-24)17-16(20-14(9-26)21-17)12-3-4-15-18-7-11(8-19-27)25(15)23-12/h3-7,9-10H,8H2,1-2H3,(H,20,21). The van der Waals surface area contributed by atoms with Crippen LogP contribution in [0.3, 0.4) is 0 Å². The number of carbonyl (C=O) groups excluding carboxylic acids is 1. The number of nitrogens with zero attached hydrogens (tertiary/aromatic N) is 7. The number of nitrogens with one attached hydrogen (secondary N) is 1. The lowest BCUT2D eigenvalue weighted by molar-refractivity contribution is 0.111. The molecule has 0 aromatic carbocycles. The van der Waals surface area contributed by atoms with Crippen LogP contribution in [-0.2, 0) is 6.54 Å². The van der Waals surface area contributed by atoms with Crippen LogP contribution >= 0.6 is 0 Å². The molecule has 4 aromatic rings. The Balaban J connectivity index is 1.86. The number of aromatic nitrogens is 7. The SMILES string of the molecule is CC(C)n1ccc(-c2nc(C=O)[nH]c2-c2ccc3ncc(CN=O)n3n2)n1. The smallest absolute Gasteiger partial charge is 0.185 e. The van der Waals surface area contributed by atoms with Gasteiger partial charge in [0.25, 0.3) is 0 Å². The van der Waals surface area contributed by atoms with Gasteiger partial charge in [0.1, 0.15) is 23.6 Å². The number of rotatable bonds is 6. The molecule has 0 saturated carbocycles. The van der Waals surface area contributed by atoms with Crippen LogP contribution in [0.5, 0.6) is 0 Å². The van der Waals surface area contributed by atoms with Gasteiger partial charge in [0, 0.05) is 12.2 Å². The van der Waals surface area contributed by atoms with Gasteiger partial charge >= 0.3 is 0 Å². The van der Waals surface area contributed by atoms with Crippen LogP contribution in [0.25, 0.3) is 28.4 Å². The van der Waals surface area contributed by atoms with Crippen LogP contribution in [0.15, 0.2) is 35.8 Å². The summed E-state index contributed by atoms with van der Waals surface area (Å²) in [6, 6.07) is 5.58. The summed E-state index contributed by atoms with van der Waals surface area (Å²) in [7, 11) is 0. The van der Waals surface area contributed by atoms with E-state index >= 15 is 0 Å². The third-order valence-corrected chi connectivity index (χ3v) is 4.13. The fourth-order valence-corrected chi connectivity index (χ4v) is 2.80. The van der Waals surface area contributed by atoms with Crippen LogP contribution in [0.2, 0.25) is 0 Å². The quantitative estimate of drug-likeness (QED) is 0.414. The minimum Gasteiger partial charge on any atom is -0.334 e. The Morgan fingerprint density at radius 3 is 2.78 bits per heavy atom. The predicted octanol–water partition coefficient (Wildman–Crippen LogP) is 2.64. The van der Waals surface area contributed by atoms with E-state index in [9.17, 15) is 9.70 Å². The van der Waals surface area contributed by atoms with E-state index in [2.05, 4.69) is 30.3 Å². The largest absolute Gasteiger partial charge is 0.334 e. The van der Waals surface area contributed by atoms with Gasteiger partial charge < -0.3 is 4.98 Å². The van der Waals surface area contributed by atoms with E-state index in [0.717, 1.165) is 0 Å². The van der Waals surface area contributed by atoms with E-state index in [1.165, 1.54) is 0 Å². The van der Waals surface area contributed by atoms with Crippen molar-refractivity contribution in [2.45, 2.75) is 26.4 Å². The molecule has 0 aliphatic rings. The van der Waals surface area contributed by atoms with Crippen LogP contribution in [-0.4, -0.2) is 40.6 Å². The molecular formula is C17H16N8O2. The fourth-order valence-electron chi connectivity index (χ4n) is 2.80. The molecule has 4 rings (SSSR count). The number of imidazole rings is 2. The summed E-state index contributed by atoms with van der Waals surface area (Å²) in [5, 5.41) is 12.0. The first-order valence-corrected chi connectivity index (χ1v) is 8.34. The molecule has 0 fully saturated rings. The molecule has 0 amide bonds. The second-order valence-electron chi connectivity index (χ2n) is 6.26. The van der Waals surface area contributed by atoms with Crippen molar-refractivity contribution in [1.82, 2.24) is 34.3 Å². The van der Waals surface area contributed by atoms with Crippen molar-refractivity contribution in [2.24, 2.45) is 5.18 Å². The highest BCUT2D eigenvalue weighted by molar-refractivity contribution is 5.80. The van der Waals surface area contributed by atoms with Crippen LogP contribution in [0, 0.1) is 4.91 Å². The van der Waals surface area contributed by atoms with Gasteiger partial charge in [0.05, 0.1) is 17.6 Å². The molecule has 10 heteroatoms. The first-order valence-electron chi connectivity index (χ1n) is 8.34. The van der Waals surface area contributed by atoms with Crippen molar-refractivity contribution in [3.05, 3.63) is 47.0 Å².